The molecule has 0 unspecified atom stereocenters. The fourth-order valence-corrected chi connectivity index (χ4v) is 5.04. The van der Waals surface area contributed by atoms with Gasteiger partial charge in [-0.15, -0.1) is 0 Å². The molecule has 3 aromatic rings. The summed E-state index contributed by atoms with van der Waals surface area (Å²) >= 11 is 0. The van der Waals surface area contributed by atoms with Crippen molar-refractivity contribution in [1.29, 1.82) is 0 Å². The molecule has 1 atom stereocenters. The van der Waals surface area contributed by atoms with E-state index in [0.29, 0.717) is 30.8 Å². The number of anilines is 1. The van der Waals surface area contributed by atoms with Crippen molar-refractivity contribution >= 4 is 27.6 Å². The van der Waals surface area contributed by atoms with Crippen molar-refractivity contribution in [2.24, 2.45) is 0 Å². The van der Waals surface area contributed by atoms with Gasteiger partial charge in [0.1, 0.15) is 5.75 Å². The SMILES string of the molecule is COC(=O)[C@@H]1CN(C(=O)CCc2ccc(S(=O)(=O)NCCc3ccccc3)cc2)c2ccccc2O1. The first-order chi connectivity index (χ1) is 17.4. The normalized spacial score (nSPS) is 15.0. The van der Waals surface area contributed by atoms with Gasteiger partial charge in [-0.1, -0.05) is 54.6 Å². The van der Waals surface area contributed by atoms with Gasteiger partial charge < -0.3 is 14.4 Å². The summed E-state index contributed by atoms with van der Waals surface area (Å²) in [4.78, 5) is 26.8. The molecule has 1 aliphatic rings. The van der Waals surface area contributed by atoms with E-state index in [1.165, 1.54) is 12.0 Å². The molecule has 3 aromatic carbocycles. The van der Waals surface area contributed by atoms with Gasteiger partial charge in [-0.05, 0) is 48.2 Å². The van der Waals surface area contributed by atoms with Crippen LogP contribution >= 0.6 is 0 Å². The highest BCUT2D eigenvalue weighted by Crippen LogP contribution is 2.34. The summed E-state index contributed by atoms with van der Waals surface area (Å²) in [7, 11) is -2.35. The summed E-state index contributed by atoms with van der Waals surface area (Å²) < 4.78 is 38.3. The molecule has 9 heteroatoms. The molecule has 1 heterocycles. The Labute approximate surface area is 210 Å². The van der Waals surface area contributed by atoms with Crippen LogP contribution in [0.25, 0.3) is 0 Å². The minimum absolute atomic E-state index is 0.0638. The van der Waals surface area contributed by atoms with Gasteiger partial charge in [0, 0.05) is 13.0 Å². The van der Waals surface area contributed by atoms with Gasteiger partial charge in [-0.3, -0.25) is 4.79 Å². The number of ether oxygens (including phenoxy) is 2. The number of rotatable bonds is 9. The first-order valence-electron chi connectivity index (χ1n) is 11.6. The molecule has 0 spiro atoms. The maximum Gasteiger partial charge on any atom is 0.348 e. The number of para-hydroxylation sites is 2. The van der Waals surface area contributed by atoms with Crippen LogP contribution in [-0.4, -0.2) is 46.6 Å². The molecule has 0 aromatic heterocycles. The predicted octanol–water partition coefficient (Wildman–Crippen LogP) is 3.11. The van der Waals surface area contributed by atoms with Gasteiger partial charge in [-0.2, -0.15) is 0 Å². The van der Waals surface area contributed by atoms with Crippen molar-refractivity contribution in [3.05, 3.63) is 90.0 Å². The summed E-state index contributed by atoms with van der Waals surface area (Å²) in [6.07, 6.45) is 0.307. The molecular formula is C27H28N2O6S. The van der Waals surface area contributed by atoms with E-state index in [9.17, 15) is 18.0 Å². The van der Waals surface area contributed by atoms with Crippen molar-refractivity contribution < 1.29 is 27.5 Å². The van der Waals surface area contributed by atoms with Gasteiger partial charge in [0.2, 0.25) is 22.0 Å². The van der Waals surface area contributed by atoms with Gasteiger partial charge in [0.15, 0.2) is 0 Å². The monoisotopic (exact) mass is 508 g/mol. The molecule has 0 radical (unpaired) electrons. The summed E-state index contributed by atoms with van der Waals surface area (Å²) in [6, 6.07) is 23.2. The van der Waals surface area contributed by atoms with E-state index < -0.39 is 22.1 Å². The number of benzene rings is 3. The molecule has 0 aliphatic carbocycles. The third kappa shape index (κ3) is 6.10. The zero-order valence-corrected chi connectivity index (χ0v) is 20.7. The number of carbonyl (C=O) groups excluding carboxylic acids is 2. The lowest BCUT2D eigenvalue weighted by molar-refractivity contribution is -0.148. The first kappa shape index (κ1) is 25.4. The summed E-state index contributed by atoms with van der Waals surface area (Å²) in [5.74, 6) is -0.266. The van der Waals surface area contributed by atoms with E-state index in [-0.39, 0.29) is 23.8 Å². The Balaban J connectivity index is 1.35. The number of hydrogen-bond acceptors (Lipinski definition) is 6. The number of carbonyl (C=O) groups is 2. The van der Waals surface area contributed by atoms with E-state index in [1.807, 2.05) is 30.3 Å². The van der Waals surface area contributed by atoms with Crippen molar-refractivity contribution in [2.75, 3.05) is 25.1 Å². The van der Waals surface area contributed by atoms with E-state index in [4.69, 9.17) is 9.47 Å². The third-order valence-corrected chi connectivity index (χ3v) is 7.43. The molecule has 0 saturated heterocycles. The Morgan fingerprint density at radius 1 is 0.944 bits per heavy atom. The Kier molecular flexibility index (Phi) is 8.02. The Bertz CT molecular complexity index is 1310. The Morgan fingerprint density at radius 3 is 2.33 bits per heavy atom. The molecule has 0 bridgehead atoms. The van der Waals surface area contributed by atoms with Crippen LogP contribution in [0.4, 0.5) is 5.69 Å². The van der Waals surface area contributed by atoms with Crippen molar-refractivity contribution in [3.63, 3.8) is 0 Å². The first-order valence-corrected chi connectivity index (χ1v) is 13.1. The minimum Gasteiger partial charge on any atom is -0.475 e. The predicted molar refractivity (Wildman–Crippen MR) is 135 cm³/mol. The number of aryl methyl sites for hydroxylation is 1. The summed E-state index contributed by atoms with van der Waals surface area (Å²) in [5.41, 5.74) is 2.49. The quantitative estimate of drug-likeness (QED) is 0.446. The molecular weight excluding hydrogens is 480 g/mol. The van der Waals surface area contributed by atoms with Gasteiger partial charge >= 0.3 is 5.97 Å². The average Bonchev–Trinajstić information content (AvgIpc) is 2.91. The fraction of sp³-hybridized carbons (Fsp3) is 0.259. The number of methoxy groups -OCH3 is 1. The second kappa shape index (κ2) is 11.4. The van der Waals surface area contributed by atoms with Crippen LogP contribution < -0.4 is 14.4 Å². The smallest absolute Gasteiger partial charge is 0.348 e. The molecule has 36 heavy (non-hydrogen) atoms. The minimum atomic E-state index is -3.63. The summed E-state index contributed by atoms with van der Waals surface area (Å²) in [5, 5.41) is 0. The number of nitrogens with one attached hydrogen (secondary N) is 1. The zero-order chi connectivity index (χ0) is 25.5. The van der Waals surface area contributed by atoms with Crippen LogP contribution in [0.5, 0.6) is 5.75 Å². The second-order valence-corrected chi connectivity index (χ2v) is 10.1. The standard InChI is InChI=1S/C27H28N2O6S/c1-34-27(31)25-19-29(23-9-5-6-10-24(23)35-25)26(30)16-13-21-11-14-22(15-12-21)36(32,33)28-18-17-20-7-3-2-4-8-20/h2-12,14-15,25,28H,13,16-19H2,1H3/t25-/m0/s1. The highest BCUT2D eigenvalue weighted by molar-refractivity contribution is 7.89. The maximum absolute atomic E-state index is 13.1. The lowest BCUT2D eigenvalue weighted by Gasteiger charge is -2.33. The lowest BCUT2D eigenvalue weighted by Crippen LogP contribution is -2.47. The highest BCUT2D eigenvalue weighted by Gasteiger charge is 2.34. The molecule has 1 N–H and O–H groups in total. The molecule has 1 aliphatic heterocycles. The van der Waals surface area contributed by atoms with Crippen molar-refractivity contribution in [1.82, 2.24) is 4.72 Å². The second-order valence-electron chi connectivity index (χ2n) is 8.38. The van der Waals surface area contributed by atoms with E-state index >= 15 is 0 Å². The van der Waals surface area contributed by atoms with Crippen LogP contribution in [0.2, 0.25) is 0 Å². The van der Waals surface area contributed by atoms with Crippen LogP contribution in [0.1, 0.15) is 17.5 Å². The average molecular weight is 509 g/mol. The molecule has 0 saturated carbocycles. The number of amides is 1. The van der Waals surface area contributed by atoms with E-state index in [0.717, 1.165) is 11.1 Å². The number of hydrogen-bond donors (Lipinski definition) is 1. The van der Waals surface area contributed by atoms with E-state index in [2.05, 4.69) is 4.72 Å². The van der Waals surface area contributed by atoms with Crippen LogP contribution in [0.15, 0.2) is 83.8 Å². The molecule has 0 fully saturated rings. The number of fused-ring (bicyclic) bond motifs is 1. The molecule has 8 nitrogen and oxygen atoms in total. The molecule has 188 valence electrons. The van der Waals surface area contributed by atoms with Crippen LogP contribution in [0.3, 0.4) is 0 Å². The highest BCUT2D eigenvalue weighted by atomic mass is 32.2. The maximum atomic E-state index is 13.1. The largest absolute Gasteiger partial charge is 0.475 e. The van der Waals surface area contributed by atoms with Gasteiger partial charge in [0.05, 0.1) is 24.2 Å². The van der Waals surface area contributed by atoms with E-state index in [1.54, 1.807) is 48.5 Å². The molecule has 1 amide bonds. The van der Waals surface area contributed by atoms with Gasteiger partial charge in [-0.25, -0.2) is 17.9 Å². The lowest BCUT2D eigenvalue weighted by atomic mass is 10.1. The zero-order valence-electron chi connectivity index (χ0n) is 19.9. The van der Waals surface area contributed by atoms with Gasteiger partial charge in [0.25, 0.3) is 0 Å². The van der Waals surface area contributed by atoms with Crippen LogP contribution in [0, 0.1) is 0 Å². The van der Waals surface area contributed by atoms with Crippen molar-refractivity contribution in [2.45, 2.75) is 30.3 Å². The Hall–Kier alpha value is -3.69. The number of nitrogens with zero attached hydrogens (tertiary/aromatic N) is 1. The Morgan fingerprint density at radius 2 is 1.61 bits per heavy atom. The number of esters is 1. The topological polar surface area (TPSA) is 102 Å². The van der Waals surface area contributed by atoms with Crippen LogP contribution in [-0.2, 0) is 37.2 Å². The number of sulfonamides is 1. The fourth-order valence-electron chi connectivity index (χ4n) is 4.00. The molecule has 4 rings (SSSR count). The summed E-state index contributed by atoms with van der Waals surface area (Å²) in [6.45, 7) is 0.366. The van der Waals surface area contributed by atoms with Crippen molar-refractivity contribution in [3.8, 4) is 5.75 Å². The third-order valence-electron chi connectivity index (χ3n) is 5.95.